The van der Waals surface area contributed by atoms with E-state index in [9.17, 15) is 14.0 Å². The molecule has 0 saturated carbocycles. The zero-order chi connectivity index (χ0) is 18.9. The van der Waals surface area contributed by atoms with Gasteiger partial charge in [-0.2, -0.15) is 0 Å². The molecule has 1 heterocycles. The van der Waals surface area contributed by atoms with Crippen molar-refractivity contribution < 1.29 is 18.7 Å². The molecule has 0 bridgehead atoms. The summed E-state index contributed by atoms with van der Waals surface area (Å²) in [6.07, 6.45) is 1.51. The second-order valence-corrected chi connectivity index (χ2v) is 6.78. The van der Waals surface area contributed by atoms with Crippen molar-refractivity contribution in [1.29, 1.82) is 0 Å². The smallest absolute Gasteiger partial charge is 0.338 e. The average Bonchev–Trinajstić information content (AvgIpc) is 2.81. The Morgan fingerprint density at radius 3 is 2.58 bits per heavy atom. The minimum atomic E-state index is -0.724. The van der Waals surface area contributed by atoms with E-state index in [1.807, 2.05) is 50.1 Å². The van der Waals surface area contributed by atoms with Crippen molar-refractivity contribution in [1.82, 2.24) is 0 Å². The molecule has 0 aliphatic carbocycles. The monoisotopic (exact) mass is 353 g/mol. The van der Waals surface area contributed by atoms with Gasteiger partial charge in [0.25, 0.3) is 0 Å². The Bertz CT molecular complexity index is 902. The van der Waals surface area contributed by atoms with E-state index in [0.717, 1.165) is 23.0 Å². The first kappa shape index (κ1) is 17.9. The Kier molecular flexibility index (Phi) is 4.64. The summed E-state index contributed by atoms with van der Waals surface area (Å²) >= 11 is 0. The van der Waals surface area contributed by atoms with Crippen LogP contribution < -0.4 is 4.90 Å². The largest absolute Gasteiger partial charge is 0.454 e. The maximum Gasteiger partial charge on any atom is 0.338 e. The molecule has 0 spiro atoms. The molecule has 2 aromatic rings. The van der Waals surface area contributed by atoms with E-state index in [-0.39, 0.29) is 23.4 Å². The van der Waals surface area contributed by atoms with Crippen LogP contribution >= 0.6 is 0 Å². The van der Waals surface area contributed by atoms with Crippen molar-refractivity contribution in [2.45, 2.75) is 19.3 Å². The van der Waals surface area contributed by atoms with Crippen LogP contribution in [0.2, 0.25) is 0 Å². The molecular formula is C21H20FNO3. The van der Waals surface area contributed by atoms with Gasteiger partial charge in [-0.3, -0.25) is 4.79 Å². The summed E-state index contributed by atoms with van der Waals surface area (Å²) in [5.41, 5.74) is 2.78. The number of ketones is 1. The number of allylic oxidation sites excluding steroid dienone is 1. The molecule has 4 nitrogen and oxygen atoms in total. The molecule has 0 amide bonds. The van der Waals surface area contributed by atoms with Crippen molar-refractivity contribution in [2.75, 3.05) is 18.6 Å². The van der Waals surface area contributed by atoms with Gasteiger partial charge in [-0.25, -0.2) is 9.18 Å². The molecule has 0 radical (unpaired) electrons. The number of hydrogen-bond donors (Lipinski definition) is 0. The van der Waals surface area contributed by atoms with Crippen molar-refractivity contribution >= 4 is 17.4 Å². The number of ether oxygens (including phenoxy) is 1. The summed E-state index contributed by atoms with van der Waals surface area (Å²) in [5.74, 6) is -1.57. The van der Waals surface area contributed by atoms with E-state index < -0.39 is 11.8 Å². The maximum atomic E-state index is 13.2. The van der Waals surface area contributed by atoms with Crippen LogP contribution in [0.1, 0.15) is 29.8 Å². The second kappa shape index (κ2) is 6.75. The van der Waals surface area contributed by atoms with Gasteiger partial charge in [-0.05, 0) is 29.8 Å². The summed E-state index contributed by atoms with van der Waals surface area (Å²) in [6, 6.07) is 13.2. The Morgan fingerprint density at radius 2 is 1.88 bits per heavy atom. The molecule has 5 heteroatoms. The first-order valence-corrected chi connectivity index (χ1v) is 8.31. The molecule has 0 aromatic heterocycles. The fraction of sp³-hybridized carbons (Fsp3) is 0.238. The van der Waals surface area contributed by atoms with Gasteiger partial charge in [0.05, 0.1) is 5.56 Å². The summed E-state index contributed by atoms with van der Waals surface area (Å²) in [4.78, 5) is 26.2. The molecular weight excluding hydrogens is 333 g/mol. The van der Waals surface area contributed by atoms with Gasteiger partial charge in [-0.15, -0.1) is 0 Å². The summed E-state index contributed by atoms with van der Waals surface area (Å²) < 4.78 is 18.2. The third kappa shape index (κ3) is 3.25. The number of hydrogen-bond acceptors (Lipinski definition) is 4. The number of carbonyl (C=O) groups is 2. The number of anilines is 1. The van der Waals surface area contributed by atoms with Crippen LogP contribution in [0.25, 0.3) is 0 Å². The molecule has 134 valence electrons. The number of benzene rings is 2. The molecule has 0 unspecified atom stereocenters. The first-order chi connectivity index (χ1) is 12.3. The Hall–Kier alpha value is -2.95. The molecule has 2 aromatic carbocycles. The van der Waals surface area contributed by atoms with Gasteiger partial charge in [0.1, 0.15) is 5.82 Å². The molecule has 1 aliphatic heterocycles. The maximum absolute atomic E-state index is 13.2. The van der Waals surface area contributed by atoms with E-state index in [4.69, 9.17) is 4.74 Å². The molecule has 0 atom stereocenters. The van der Waals surface area contributed by atoms with Gasteiger partial charge < -0.3 is 9.64 Å². The van der Waals surface area contributed by atoms with Crippen LogP contribution in [0.4, 0.5) is 10.1 Å². The van der Waals surface area contributed by atoms with Gasteiger partial charge in [-0.1, -0.05) is 38.1 Å². The number of likely N-dealkylation sites (N-methyl/N-ethyl adjacent to an activating group) is 1. The summed E-state index contributed by atoms with van der Waals surface area (Å²) in [5, 5.41) is 0. The molecule has 0 saturated heterocycles. The molecule has 0 fully saturated rings. The summed E-state index contributed by atoms with van der Waals surface area (Å²) in [6.45, 7) is 3.71. The van der Waals surface area contributed by atoms with Crippen LogP contribution in [0.3, 0.4) is 0 Å². The lowest BCUT2D eigenvalue weighted by Gasteiger charge is -2.23. The molecule has 3 rings (SSSR count). The highest BCUT2D eigenvalue weighted by molar-refractivity contribution is 5.96. The lowest BCUT2D eigenvalue weighted by atomic mass is 9.83. The second-order valence-electron chi connectivity index (χ2n) is 6.78. The van der Waals surface area contributed by atoms with Gasteiger partial charge >= 0.3 is 5.97 Å². The van der Waals surface area contributed by atoms with Crippen LogP contribution in [0.5, 0.6) is 0 Å². The van der Waals surface area contributed by atoms with Crippen LogP contribution in [-0.4, -0.2) is 25.4 Å². The predicted octanol–water partition coefficient (Wildman–Crippen LogP) is 3.86. The fourth-order valence-corrected chi connectivity index (χ4v) is 3.29. The topological polar surface area (TPSA) is 46.6 Å². The number of carbonyl (C=O) groups excluding carboxylic acids is 2. The van der Waals surface area contributed by atoms with E-state index in [2.05, 4.69) is 0 Å². The van der Waals surface area contributed by atoms with Gasteiger partial charge in [0.2, 0.25) is 0 Å². The van der Waals surface area contributed by atoms with E-state index in [0.29, 0.717) is 0 Å². The molecule has 1 aliphatic rings. The van der Waals surface area contributed by atoms with E-state index >= 15 is 0 Å². The average molecular weight is 353 g/mol. The lowest BCUT2D eigenvalue weighted by Crippen LogP contribution is -2.25. The quantitative estimate of drug-likeness (QED) is 0.618. The SMILES string of the molecule is CN1/C(=C/C(=O)COC(=O)c2cccc(F)c2)C(C)(C)c2ccccc21. The minimum absolute atomic E-state index is 0.0798. The number of halogens is 1. The van der Waals surface area contributed by atoms with E-state index in [1.165, 1.54) is 24.3 Å². The van der Waals surface area contributed by atoms with Crippen LogP contribution in [0.15, 0.2) is 60.3 Å². The van der Waals surface area contributed by atoms with Crippen molar-refractivity contribution in [2.24, 2.45) is 0 Å². The number of fused-ring (bicyclic) bond motifs is 1. The standard InChI is InChI=1S/C21H20FNO3/c1-21(2)17-9-4-5-10-18(17)23(3)19(21)12-16(24)13-26-20(25)14-7-6-8-15(22)11-14/h4-12H,13H2,1-3H3/b19-12+. The third-order valence-corrected chi connectivity index (χ3v) is 4.64. The Labute approximate surface area is 151 Å². The van der Waals surface area contributed by atoms with E-state index in [1.54, 1.807) is 0 Å². The summed E-state index contributed by atoms with van der Waals surface area (Å²) in [7, 11) is 1.91. The number of para-hydroxylation sites is 1. The van der Waals surface area contributed by atoms with Crippen LogP contribution in [-0.2, 0) is 14.9 Å². The van der Waals surface area contributed by atoms with Crippen molar-refractivity contribution in [3.8, 4) is 0 Å². The lowest BCUT2D eigenvalue weighted by molar-refractivity contribution is -0.117. The highest BCUT2D eigenvalue weighted by Crippen LogP contribution is 2.46. The predicted molar refractivity (Wildman–Crippen MR) is 97.6 cm³/mol. The minimum Gasteiger partial charge on any atom is -0.454 e. The fourth-order valence-electron chi connectivity index (χ4n) is 3.29. The number of rotatable bonds is 4. The molecule has 26 heavy (non-hydrogen) atoms. The highest BCUT2D eigenvalue weighted by atomic mass is 19.1. The highest BCUT2D eigenvalue weighted by Gasteiger charge is 2.38. The zero-order valence-electron chi connectivity index (χ0n) is 15.0. The van der Waals surface area contributed by atoms with Gasteiger partial charge in [0, 0.05) is 29.9 Å². The zero-order valence-corrected chi connectivity index (χ0v) is 15.0. The van der Waals surface area contributed by atoms with Gasteiger partial charge in [0.15, 0.2) is 12.4 Å². The Morgan fingerprint density at radius 1 is 1.15 bits per heavy atom. The third-order valence-electron chi connectivity index (χ3n) is 4.64. The first-order valence-electron chi connectivity index (χ1n) is 8.31. The van der Waals surface area contributed by atoms with Crippen molar-refractivity contribution in [3.63, 3.8) is 0 Å². The van der Waals surface area contributed by atoms with Crippen molar-refractivity contribution in [3.05, 3.63) is 77.2 Å². The number of esters is 1. The number of nitrogens with zero attached hydrogens (tertiary/aromatic N) is 1. The van der Waals surface area contributed by atoms with Crippen LogP contribution in [0, 0.1) is 5.82 Å². The molecule has 0 N–H and O–H groups in total. The normalized spacial score (nSPS) is 16.5. The Balaban J connectivity index is 1.72.